The normalized spacial score (nSPS) is 12.7. The van der Waals surface area contributed by atoms with Crippen LogP contribution < -0.4 is 10.1 Å². The Hall–Kier alpha value is -2.72. The summed E-state index contributed by atoms with van der Waals surface area (Å²) in [7, 11) is 0. The Kier molecular flexibility index (Phi) is 4.20. The first-order valence-electron chi connectivity index (χ1n) is 8.07. The Bertz CT molecular complexity index is 876. The zero-order valence-corrected chi connectivity index (χ0v) is 14.5. The molecule has 4 heteroatoms. The molecule has 1 aliphatic heterocycles. The summed E-state index contributed by atoms with van der Waals surface area (Å²) in [5.74, 6) is 1.03. The van der Waals surface area contributed by atoms with Gasteiger partial charge in [0, 0.05) is 21.7 Å². The molecule has 3 aromatic carbocycles. The second-order valence-electron chi connectivity index (χ2n) is 5.83. The van der Waals surface area contributed by atoms with Crippen LogP contribution in [-0.2, 0) is 4.79 Å². The first-order valence-corrected chi connectivity index (χ1v) is 9.29. The molecule has 4 rings (SSSR count). The van der Waals surface area contributed by atoms with E-state index in [1.54, 1.807) is 11.8 Å². The average molecular weight is 347 g/mol. The minimum absolute atomic E-state index is 0.0555. The Morgan fingerprint density at radius 2 is 1.44 bits per heavy atom. The van der Waals surface area contributed by atoms with Crippen molar-refractivity contribution in [3.05, 3.63) is 83.9 Å². The van der Waals surface area contributed by atoms with Gasteiger partial charge < -0.3 is 10.1 Å². The molecule has 0 fully saturated rings. The van der Waals surface area contributed by atoms with Gasteiger partial charge in [-0.2, -0.15) is 0 Å². The van der Waals surface area contributed by atoms with Gasteiger partial charge in [-0.15, -0.1) is 11.8 Å². The van der Waals surface area contributed by atoms with Crippen LogP contribution in [-0.4, -0.2) is 12.2 Å². The zero-order chi connectivity index (χ0) is 17.2. The van der Waals surface area contributed by atoms with Crippen molar-refractivity contribution >= 4 is 23.4 Å². The van der Waals surface area contributed by atoms with E-state index in [2.05, 4.69) is 5.32 Å². The van der Waals surface area contributed by atoms with Gasteiger partial charge in [0.05, 0.1) is 5.92 Å². The molecule has 0 radical (unpaired) electrons. The summed E-state index contributed by atoms with van der Waals surface area (Å²) >= 11 is 1.68. The predicted octanol–water partition coefficient (Wildman–Crippen LogP) is 5.28. The van der Waals surface area contributed by atoms with Crippen LogP contribution in [0.1, 0.15) is 17.0 Å². The molecule has 0 aromatic heterocycles. The summed E-state index contributed by atoms with van der Waals surface area (Å²) in [6.45, 7) is 0. The minimum atomic E-state index is -0.388. The summed E-state index contributed by atoms with van der Waals surface area (Å²) in [6.07, 6.45) is 2.03. The Balaban J connectivity index is 1.70. The van der Waals surface area contributed by atoms with E-state index in [9.17, 15) is 4.79 Å². The number of hydrogen-bond donors (Lipinski definition) is 1. The van der Waals surface area contributed by atoms with Crippen LogP contribution >= 0.6 is 11.8 Å². The number of amides is 1. The highest BCUT2D eigenvalue weighted by molar-refractivity contribution is 7.98. The molecule has 1 N–H and O–H groups in total. The molecule has 3 nitrogen and oxygen atoms in total. The van der Waals surface area contributed by atoms with Crippen molar-refractivity contribution in [3.63, 3.8) is 0 Å². The van der Waals surface area contributed by atoms with Crippen molar-refractivity contribution < 1.29 is 9.53 Å². The summed E-state index contributed by atoms with van der Waals surface area (Å²) < 4.78 is 5.96. The summed E-state index contributed by atoms with van der Waals surface area (Å²) in [5, 5.41) is 3.04. The molecule has 3 aromatic rings. The third kappa shape index (κ3) is 3.01. The molecule has 0 saturated heterocycles. The molecular weight excluding hydrogens is 330 g/mol. The van der Waals surface area contributed by atoms with Gasteiger partial charge >= 0.3 is 0 Å². The lowest BCUT2D eigenvalue weighted by atomic mass is 9.87. The maximum absolute atomic E-state index is 13.1. The fourth-order valence-corrected chi connectivity index (χ4v) is 3.49. The topological polar surface area (TPSA) is 38.3 Å². The van der Waals surface area contributed by atoms with E-state index < -0.39 is 0 Å². The first kappa shape index (κ1) is 15.8. The molecule has 0 atom stereocenters. The molecule has 0 aliphatic carbocycles. The number of hydrogen-bond acceptors (Lipinski definition) is 3. The van der Waals surface area contributed by atoms with E-state index in [0.29, 0.717) is 0 Å². The van der Waals surface area contributed by atoms with Crippen molar-refractivity contribution in [3.8, 4) is 11.5 Å². The standard InChI is InChI=1S/C21H17NO2S/c1-25-15-12-10-14(11-13-15)22-21(23)20-16-6-2-4-8-18(16)24-19-9-5-3-7-17(19)20/h2-13,20H,1H3,(H,22,23). The number of rotatable bonds is 3. The van der Waals surface area contributed by atoms with E-state index in [1.165, 1.54) is 4.90 Å². The van der Waals surface area contributed by atoms with Gasteiger partial charge in [-0.1, -0.05) is 36.4 Å². The van der Waals surface area contributed by atoms with Crippen LogP contribution in [0.5, 0.6) is 11.5 Å². The van der Waals surface area contributed by atoms with E-state index in [1.807, 2.05) is 79.1 Å². The van der Waals surface area contributed by atoms with E-state index in [-0.39, 0.29) is 11.8 Å². The highest BCUT2D eigenvalue weighted by Crippen LogP contribution is 2.44. The molecule has 0 bridgehead atoms. The summed E-state index contributed by atoms with van der Waals surface area (Å²) in [4.78, 5) is 14.2. The van der Waals surface area contributed by atoms with Gasteiger partial charge in [0.1, 0.15) is 11.5 Å². The number of ether oxygens (including phenoxy) is 1. The van der Waals surface area contributed by atoms with Crippen LogP contribution in [0.2, 0.25) is 0 Å². The van der Waals surface area contributed by atoms with Crippen molar-refractivity contribution in [2.24, 2.45) is 0 Å². The van der Waals surface area contributed by atoms with Gasteiger partial charge in [-0.25, -0.2) is 0 Å². The van der Waals surface area contributed by atoms with Crippen LogP contribution in [0, 0.1) is 0 Å². The minimum Gasteiger partial charge on any atom is -0.457 e. The van der Waals surface area contributed by atoms with Gasteiger partial charge in [-0.3, -0.25) is 4.79 Å². The second kappa shape index (κ2) is 6.65. The van der Waals surface area contributed by atoms with E-state index in [4.69, 9.17) is 4.74 Å². The third-order valence-corrected chi connectivity index (χ3v) is 5.04. The van der Waals surface area contributed by atoms with Gasteiger partial charge in [0.15, 0.2) is 0 Å². The number of carbonyl (C=O) groups is 1. The Morgan fingerprint density at radius 3 is 2.00 bits per heavy atom. The van der Waals surface area contributed by atoms with Crippen molar-refractivity contribution in [1.82, 2.24) is 0 Å². The van der Waals surface area contributed by atoms with E-state index in [0.717, 1.165) is 28.3 Å². The molecule has 25 heavy (non-hydrogen) atoms. The molecule has 1 aliphatic rings. The maximum atomic E-state index is 13.1. The summed E-state index contributed by atoms with van der Waals surface area (Å²) in [6, 6.07) is 23.3. The summed E-state index contributed by atoms with van der Waals surface area (Å²) in [5.41, 5.74) is 2.57. The van der Waals surface area contributed by atoms with Gasteiger partial charge in [0.2, 0.25) is 5.91 Å². The lowest BCUT2D eigenvalue weighted by Gasteiger charge is -2.27. The fourth-order valence-electron chi connectivity index (χ4n) is 3.08. The maximum Gasteiger partial charge on any atom is 0.236 e. The molecule has 1 heterocycles. The number of anilines is 1. The van der Waals surface area contributed by atoms with Crippen LogP contribution in [0.15, 0.2) is 77.7 Å². The monoisotopic (exact) mass is 347 g/mol. The predicted molar refractivity (Wildman–Crippen MR) is 102 cm³/mol. The smallest absolute Gasteiger partial charge is 0.236 e. The number of nitrogens with one attached hydrogen (secondary N) is 1. The number of para-hydroxylation sites is 2. The highest BCUT2D eigenvalue weighted by Gasteiger charge is 2.32. The third-order valence-electron chi connectivity index (χ3n) is 4.30. The van der Waals surface area contributed by atoms with Crippen LogP contribution in [0.25, 0.3) is 0 Å². The molecular formula is C21H17NO2S. The average Bonchev–Trinajstić information content (AvgIpc) is 2.66. The highest BCUT2D eigenvalue weighted by atomic mass is 32.2. The van der Waals surface area contributed by atoms with Crippen molar-refractivity contribution in [2.75, 3.05) is 11.6 Å². The fraction of sp³-hybridized carbons (Fsp3) is 0.0952. The molecule has 0 saturated carbocycles. The zero-order valence-electron chi connectivity index (χ0n) is 13.7. The number of fused-ring (bicyclic) bond motifs is 2. The van der Waals surface area contributed by atoms with Crippen LogP contribution in [0.4, 0.5) is 5.69 Å². The Morgan fingerprint density at radius 1 is 0.880 bits per heavy atom. The molecule has 1 amide bonds. The molecule has 0 spiro atoms. The van der Waals surface area contributed by atoms with Crippen LogP contribution in [0.3, 0.4) is 0 Å². The van der Waals surface area contributed by atoms with Gasteiger partial charge in [0.25, 0.3) is 0 Å². The molecule has 0 unspecified atom stereocenters. The lowest BCUT2D eigenvalue weighted by molar-refractivity contribution is -0.116. The molecule has 124 valence electrons. The first-order chi connectivity index (χ1) is 12.3. The van der Waals surface area contributed by atoms with Crippen molar-refractivity contribution in [1.29, 1.82) is 0 Å². The van der Waals surface area contributed by atoms with E-state index >= 15 is 0 Å². The quantitative estimate of drug-likeness (QED) is 0.655. The van der Waals surface area contributed by atoms with Gasteiger partial charge in [-0.05, 0) is 42.7 Å². The number of carbonyl (C=O) groups excluding carboxylic acids is 1. The number of benzene rings is 3. The second-order valence-corrected chi connectivity index (χ2v) is 6.71. The SMILES string of the molecule is CSc1ccc(NC(=O)C2c3ccccc3Oc3ccccc32)cc1. The lowest BCUT2D eigenvalue weighted by Crippen LogP contribution is -2.25. The Labute approximate surface area is 151 Å². The number of thioether (sulfide) groups is 1. The van der Waals surface area contributed by atoms with Crippen molar-refractivity contribution in [2.45, 2.75) is 10.8 Å². The largest absolute Gasteiger partial charge is 0.457 e.